The summed E-state index contributed by atoms with van der Waals surface area (Å²) < 4.78 is 12.9. The molecule has 2 aromatic carbocycles. The molecule has 6 nitrogen and oxygen atoms in total. The largest absolute Gasteiger partial charge is 0.486 e. The van der Waals surface area contributed by atoms with Gasteiger partial charge in [-0.2, -0.15) is 0 Å². The third-order valence-electron chi connectivity index (χ3n) is 4.46. The Kier molecular flexibility index (Phi) is 4.54. The van der Waals surface area contributed by atoms with E-state index in [9.17, 15) is 4.79 Å². The molecule has 0 N–H and O–H groups in total. The minimum absolute atomic E-state index is 0.224. The molecule has 0 aliphatic rings. The molecule has 0 bridgehead atoms. The Morgan fingerprint density at radius 3 is 2.83 bits per heavy atom. The number of nitrogens with zero attached hydrogens (tertiary/aromatic N) is 3. The number of ether oxygens (including phenoxy) is 1. The number of hydrogen-bond acceptors (Lipinski definition) is 6. The molecular formula is C21H14ClN3O3S. The van der Waals surface area contributed by atoms with Gasteiger partial charge in [-0.25, -0.2) is 9.97 Å². The van der Waals surface area contributed by atoms with E-state index in [0.717, 1.165) is 21.8 Å². The van der Waals surface area contributed by atoms with Crippen LogP contribution in [0.1, 0.15) is 10.7 Å². The van der Waals surface area contributed by atoms with Crippen LogP contribution in [0.2, 0.25) is 5.02 Å². The molecule has 0 aliphatic carbocycles. The number of aromatic nitrogens is 3. The van der Waals surface area contributed by atoms with Gasteiger partial charge in [0, 0.05) is 15.8 Å². The Labute approximate surface area is 174 Å². The van der Waals surface area contributed by atoms with Crippen LogP contribution < -0.4 is 10.3 Å². The van der Waals surface area contributed by atoms with Gasteiger partial charge in [-0.3, -0.25) is 9.36 Å². The van der Waals surface area contributed by atoms with Crippen LogP contribution in [0, 0.1) is 0 Å². The van der Waals surface area contributed by atoms with E-state index in [1.165, 1.54) is 22.2 Å². The summed E-state index contributed by atoms with van der Waals surface area (Å²) in [5.74, 6) is 0.724. The van der Waals surface area contributed by atoms with Gasteiger partial charge in [0.15, 0.2) is 0 Å². The second-order valence-electron chi connectivity index (χ2n) is 6.43. The van der Waals surface area contributed by atoms with Crippen LogP contribution in [0.5, 0.6) is 5.75 Å². The zero-order valence-corrected chi connectivity index (χ0v) is 16.6. The van der Waals surface area contributed by atoms with Crippen molar-refractivity contribution in [2.24, 2.45) is 0 Å². The molecule has 0 spiro atoms. The average Bonchev–Trinajstić information content (AvgIpc) is 3.34. The molecule has 0 fully saturated rings. The van der Waals surface area contributed by atoms with Gasteiger partial charge in [0.05, 0.1) is 18.6 Å². The fourth-order valence-electron chi connectivity index (χ4n) is 3.07. The van der Waals surface area contributed by atoms with Crippen molar-refractivity contribution in [3.05, 3.63) is 86.3 Å². The summed E-state index contributed by atoms with van der Waals surface area (Å²) in [6.45, 7) is 0.665. The monoisotopic (exact) mass is 423 g/mol. The van der Waals surface area contributed by atoms with Crippen LogP contribution >= 0.6 is 22.9 Å². The highest BCUT2D eigenvalue weighted by molar-refractivity contribution is 7.09. The number of fused-ring (bicyclic) bond motifs is 3. The van der Waals surface area contributed by atoms with Gasteiger partial charge in [-0.1, -0.05) is 23.7 Å². The number of para-hydroxylation sites is 1. The molecule has 0 radical (unpaired) electrons. The third kappa shape index (κ3) is 3.50. The summed E-state index contributed by atoms with van der Waals surface area (Å²) in [4.78, 5) is 21.8. The van der Waals surface area contributed by atoms with E-state index in [1.807, 2.05) is 41.8 Å². The fraction of sp³-hybridized carbons (Fsp3) is 0.0952. The zero-order chi connectivity index (χ0) is 19.8. The third-order valence-corrected chi connectivity index (χ3v) is 5.58. The minimum Gasteiger partial charge on any atom is -0.486 e. The predicted molar refractivity (Wildman–Crippen MR) is 113 cm³/mol. The van der Waals surface area contributed by atoms with E-state index in [1.54, 1.807) is 12.1 Å². The van der Waals surface area contributed by atoms with Gasteiger partial charge in [0.1, 0.15) is 28.5 Å². The number of thiazole rings is 1. The van der Waals surface area contributed by atoms with Gasteiger partial charge in [-0.05, 0) is 36.4 Å². The Morgan fingerprint density at radius 1 is 1.14 bits per heavy atom. The minimum atomic E-state index is -0.224. The van der Waals surface area contributed by atoms with Crippen molar-refractivity contribution in [3.63, 3.8) is 0 Å². The van der Waals surface area contributed by atoms with Gasteiger partial charge in [0.2, 0.25) is 5.58 Å². The molecule has 144 valence electrons. The first kappa shape index (κ1) is 17.9. The Morgan fingerprint density at radius 2 is 1.97 bits per heavy atom. The number of rotatable bonds is 5. The van der Waals surface area contributed by atoms with Gasteiger partial charge >= 0.3 is 0 Å². The molecule has 5 aromatic rings. The first-order chi connectivity index (χ1) is 14.2. The smallest absolute Gasteiger partial charge is 0.297 e. The quantitative estimate of drug-likeness (QED) is 0.403. The molecule has 29 heavy (non-hydrogen) atoms. The van der Waals surface area contributed by atoms with E-state index < -0.39 is 0 Å². The predicted octanol–water partition coefficient (Wildman–Crippen LogP) is 4.88. The number of halogens is 1. The van der Waals surface area contributed by atoms with Crippen LogP contribution in [0.25, 0.3) is 22.1 Å². The summed E-state index contributed by atoms with van der Waals surface area (Å²) >= 11 is 7.36. The van der Waals surface area contributed by atoms with Crippen molar-refractivity contribution in [3.8, 4) is 5.75 Å². The van der Waals surface area contributed by atoms with Crippen molar-refractivity contribution in [1.29, 1.82) is 0 Å². The van der Waals surface area contributed by atoms with E-state index in [-0.39, 0.29) is 11.1 Å². The highest BCUT2D eigenvalue weighted by atomic mass is 35.5. The molecule has 5 rings (SSSR count). The summed E-state index contributed by atoms with van der Waals surface area (Å²) in [5.41, 5.74) is 2.04. The summed E-state index contributed by atoms with van der Waals surface area (Å²) in [6, 6.07) is 14.7. The highest BCUT2D eigenvalue weighted by Crippen LogP contribution is 2.24. The summed E-state index contributed by atoms with van der Waals surface area (Å²) in [7, 11) is 0. The van der Waals surface area contributed by atoms with Crippen molar-refractivity contribution in [2.45, 2.75) is 13.2 Å². The fourth-order valence-corrected chi connectivity index (χ4v) is 3.89. The molecule has 0 unspecified atom stereocenters. The summed E-state index contributed by atoms with van der Waals surface area (Å²) in [5, 5.41) is 4.23. The lowest BCUT2D eigenvalue weighted by molar-refractivity contribution is 0.305. The van der Waals surface area contributed by atoms with Crippen LogP contribution in [0.15, 0.2) is 69.5 Å². The van der Waals surface area contributed by atoms with E-state index in [4.69, 9.17) is 20.8 Å². The summed E-state index contributed by atoms with van der Waals surface area (Å²) in [6.07, 6.45) is 1.54. The lowest BCUT2D eigenvalue weighted by Gasteiger charge is -2.04. The molecule has 8 heteroatoms. The van der Waals surface area contributed by atoms with Crippen LogP contribution in [-0.4, -0.2) is 14.5 Å². The Hall–Kier alpha value is -3.16. The van der Waals surface area contributed by atoms with Crippen molar-refractivity contribution >= 4 is 45.0 Å². The van der Waals surface area contributed by atoms with E-state index in [2.05, 4.69) is 9.97 Å². The number of hydrogen-bond donors (Lipinski definition) is 0. The van der Waals surface area contributed by atoms with Crippen LogP contribution in [0.4, 0.5) is 0 Å². The van der Waals surface area contributed by atoms with Gasteiger partial charge in [0.25, 0.3) is 5.56 Å². The van der Waals surface area contributed by atoms with Gasteiger partial charge in [-0.15, -0.1) is 11.3 Å². The van der Waals surface area contributed by atoms with E-state index >= 15 is 0 Å². The Bertz CT molecular complexity index is 1370. The van der Waals surface area contributed by atoms with Crippen molar-refractivity contribution in [2.75, 3.05) is 0 Å². The first-order valence-corrected chi connectivity index (χ1v) is 10.1. The molecule has 0 saturated carbocycles. The highest BCUT2D eigenvalue weighted by Gasteiger charge is 2.14. The second-order valence-corrected chi connectivity index (χ2v) is 7.81. The SMILES string of the molecule is O=c1c2oc3ccccc3c2ncn1Cc1csc(COc2ccc(Cl)cc2)n1. The molecule has 3 aromatic heterocycles. The topological polar surface area (TPSA) is 70.2 Å². The Balaban J connectivity index is 1.36. The molecule has 0 saturated heterocycles. The molecular weight excluding hydrogens is 410 g/mol. The zero-order valence-electron chi connectivity index (χ0n) is 15.0. The maximum atomic E-state index is 12.8. The maximum absolute atomic E-state index is 12.8. The first-order valence-electron chi connectivity index (χ1n) is 8.86. The van der Waals surface area contributed by atoms with Crippen molar-refractivity contribution < 1.29 is 9.15 Å². The normalized spacial score (nSPS) is 11.3. The van der Waals surface area contributed by atoms with Crippen molar-refractivity contribution in [1.82, 2.24) is 14.5 Å². The molecule has 0 amide bonds. The average molecular weight is 424 g/mol. The molecule has 0 aliphatic heterocycles. The van der Waals surface area contributed by atoms with Gasteiger partial charge < -0.3 is 9.15 Å². The molecule has 0 atom stereocenters. The van der Waals surface area contributed by atoms with Crippen LogP contribution in [-0.2, 0) is 13.2 Å². The second kappa shape index (κ2) is 7.35. The van der Waals surface area contributed by atoms with E-state index in [0.29, 0.717) is 29.3 Å². The lowest BCUT2D eigenvalue weighted by atomic mass is 10.2. The standard InChI is InChI=1S/C21H14ClN3O3S/c22-13-5-7-15(8-6-13)27-10-18-24-14(11-29-18)9-25-12-23-19-16-3-1-2-4-17(16)28-20(19)21(25)26/h1-8,11-12H,9-10H2. The van der Waals surface area contributed by atoms with Crippen LogP contribution in [0.3, 0.4) is 0 Å². The molecule has 3 heterocycles. The number of furan rings is 1. The maximum Gasteiger partial charge on any atom is 0.297 e. The number of benzene rings is 2. The lowest BCUT2D eigenvalue weighted by Crippen LogP contribution is -2.20.